The monoisotopic (exact) mass is 299 g/mol. The molecule has 3 N–H and O–H groups in total. The van der Waals surface area contributed by atoms with Crippen LogP contribution in [0.5, 0.6) is 0 Å². The second-order valence-corrected chi connectivity index (χ2v) is 4.97. The van der Waals surface area contributed by atoms with Gasteiger partial charge in [0.2, 0.25) is 0 Å². The van der Waals surface area contributed by atoms with Crippen LogP contribution in [0.25, 0.3) is 0 Å². The number of nitrogen functional groups attached to an aromatic ring is 1. The Hall–Kier alpha value is -0.780. The summed E-state index contributed by atoms with van der Waals surface area (Å²) in [6, 6.07) is 5.82. The molecule has 1 saturated heterocycles. The van der Waals surface area contributed by atoms with Crippen LogP contribution in [0.3, 0.4) is 0 Å². The van der Waals surface area contributed by atoms with Gasteiger partial charge in [0.15, 0.2) is 0 Å². The van der Waals surface area contributed by atoms with Crippen molar-refractivity contribution in [3.63, 3.8) is 0 Å². The molecule has 1 aliphatic heterocycles. The van der Waals surface area contributed by atoms with Crippen molar-refractivity contribution in [1.82, 2.24) is 4.90 Å². The maximum absolute atomic E-state index is 5.69. The van der Waals surface area contributed by atoms with Gasteiger partial charge in [-0.15, -0.1) is 0 Å². The average molecular weight is 300 g/mol. The molecule has 0 aromatic heterocycles. The number of nitrogens with one attached hydrogen (secondary N) is 1. The molecule has 5 heteroatoms. The Labute approximate surface area is 110 Å². The molecule has 0 saturated carbocycles. The molecule has 17 heavy (non-hydrogen) atoms. The van der Waals surface area contributed by atoms with Gasteiger partial charge in [0, 0.05) is 42.0 Å². The number of ether oxygens (including phenoxy) is 1. The Bertz CT molecular complexity index is 367. The van der Waals surface area contributed by atoms with E-state index < -0.39 is 0 Å². The van der Waals surface area contributed by atoms with E-state index in [1.807, 2.05) is 18.2 Å². The Balaban J connectivity index is 1.77. The predicted octanol–water partition coefficient (Wildman–Crippen LogP) is 1.78. The first-order chi connectivity index (χ1) is 8.25. The summed E-state index contributed by atoms with van der Waals surface area (Å²) in [4.78, 5) is 2.40. The fourth-order valence-corrected chi connectivity index (χ4v) is 2.38. The van der Waals surface area contributed by atoms with Gasteiger partial charge >= 0.3 is 0 Å². The van der Waals surface area contributed by atoms with E-state index in [4.69, 9.17) is 10.5 Å². The highest BCUT2D eigenvalue weighted by Gasteiger charge is 2.09. The first-order valence-corrected chi connectivity index (χ1v) is 6.64. The van der Waals surface area contributed by atoms with Gasteiger partial charge in [-0.1, -0.05) is 0 Å². The van der Waals surface area contributed by atoms with Crippen molar-refractivity contribution in [3.05, 3.63) is 22.7 Å². The third kappa shape index (κ3) is 3.87. The van der Waals surface area contributed by atoms with E-state index in [-0.39, 0.29) is 0 Å². The highest BCUT2D eigenvalue weighted by atomic mass is 79.9. The lowest BCUT2D eigenvalue weighted by Crippen LogP contribution is -2.39. The molecule has 1 heterocycles. The lowest BCUT2D eigenvalue weighted by Gasteiger charge is -2.26. The van der Waals surface area contributed by atoms with Crippen molar-refractivity contribution >= 4 is 27.3 Å². The highest BCUT2D eigenvalue weighted by Crippen LogP contribution is 2.24. The topological polar surface area (TPSA) is 50.5 Å². The van der Waals surface area contributed by atoms with Crippen molar-refractivity contribution in [3.8, 4) is 0 Å². The van der Waals surface area contributed by atoms with Gasteiger partial charge in [0.25, 0.3) is 0 Å². The number of halogens is 1. The number of anilines is 2. The summed E-state index contributed by atoms with van der Waals surface area (Å²) in [7, 11) is 0. The molecule has 0 atom stereocenters. The molecular formula is C12H18BrN3O. The van der Waals surface area contributed by atoms with Crippen LogP contribution < -0.4 is 11.1 Å². The van der Waals surface area contributed by atoms with E-state index in [2.05, 4.69) is 26.1 Å². The molecule has 2 rings (SSSR count). The summed E-state index contributed by atoms with van der Waals surface area (Å²) in [5.74, 6) is 0. The maximum Gasteiger partial charge on any atom is 0.0594 e. The molecule has 0 amide bonds. The van der Waals surface area contributed by atoms with Crippen molar-refractivity contribution in [2.45, 2.75) is 0 Å². The van der Waals surface area contributed by atoms with E-state index in [0.717, 1.165) is 55.2 Å². The van der Waals surface area contributed by atoms with E-state index in [1.54, 1.807) is 0 Å². The van der Waals surface area contributed by atoms with E-state index >= 15 is 0 Å². The summed E-state index contributed by atoms with van der Waals surface area (Å²) >= 11 is 3.50. The number of benzene rings is 1. The minimum absolute atomic E-state index is 0.774. The van der Waals surface area contributed by atoms with Crippen molar-refractivity contribution in [2.75, 3.05) is 50.4 Å². The van der Waals surface area contributed by atoms with Crippen LogP contribution in [-0.4, -0.2) is 44.3 Å². The number of rotatable bonds is 4. The summed E-state index contributed by atoms with van der Waals surface area (Å²) in [5.41, 5.74) is 7.56. The second kappa shape index (κ2) is 6.23. The van der Waals surface area contributed by atoms with Crippen LogP contribution in [0.4, 0.5) is 11.4 Å². The predicted molar refractivity (Wildman–Crippen MR) is 74.3 cm³/mol. The van der Waals surface area contributed by atoms with E-state index in [9.17, 15) is 0 Å². The standard InChI is InChI=1S/C12H18BrN3O/c13-11-9-10(14)1-2-12(11)15-3-4-16-5-7-17-8-6-16/h1-2,9,15H,3-8,14H2. The summed E-state index contributed by atoms with van der Waals surface area (Å²) in [6.45, 7) is 5.75. The molecule has 1 fully saturated rings. The zero-order chi connectivity index (χ0) is 12.1. The van der Waals surface area contributed by atoms with Crippen LogP contribution >= 0.6 is 15.9 Å². The van der Waals surface area contributed by atoms with Crippen molar-refractivity contribution < 1.29 is 4.74 Å². The Morgan fingerprint density at radius 1 is 1.35 bits per heavy atom. The molecule has 4 nitrogen and oxygen atoms in total. The number of hydrogen-bond donors (Lipinski definition) is 2. The highest BCUT2D eigenvalue weighted by molar-refractivity contribution is 9.10. The Morgan fingerprint density at radius 3 is 2.82 bits per heavy atom. The lowest BCUT2D eigenvalue weighted by atomic mass is 10.3. The second-order valence-electron chi connectivity index (χ2n) is 4.12. The normalized spacial score (nSPS) is 17.0. The van der Waals surface area contributed by atoms with Gasteiger partial charge in [0.05, 0.1) is 13.2 Å². The molecule has 1 aromatic rings. The number of morpholine rings is 1. The Morgan fingerprint density at radius 2 is 2.12 bits per heavy atom. The molecule has 1 aromatic carbocycles. The maximum atomic E-state index is 5.69. The minimum atomic E-state index is 0.774. The number of nitrogens with zero attached hydrogens (tertiary/aromatic N) is 1. The Kier molecular flexibility index (Phi) is 4.65. The van der Waals surface area contributed by atoms with Crippen molar-refractivity contribution in [1.29, 1.82) is 0 Å². The summed E-state index contributed by atoms with van der Waals surface area (Å²) in [6.07, 6.45) is 0. The zero-order valence-electron chi connectivity index (χ0n) is 9.79. The third-order valence-corrected chi connectivity index (χ3v) is 3.50. The molecule has 0 radical (unpaired) electrons. The average Bonchev–Trinajstić information content (AvgIpc) is 2.33. The molecule has 0 unspecified atom stereocenters. The van der Waals surface area contributed by atoms with Gasteiger partial charge in [-0.25, -0.2) is 0 Å². The quantitative estimate of drug-likeness (QED) is 0.832. The first kappa shape index (κ1) is 12.7. The van der Waals surface area contributed by atoms with Crippen LogP contribution in [0, 0.1) is 0 Å². The number of hydrogen-bond acceptors (Lipinski definition) is 4. The summed E-state index contributed by atoms with van der Waals surface area (Å²) in [5, 5.41) is 3.40. The molecular weight excluding hydrogens is 282 g/mol. The van der Waals surface area contributed by atoms with Crippen LogP contribution in [-0.2, 0) is 4.74 Å². The molecule has 94 valence electrons. The van der Waals surface area contributed by atoms with Gasteiger partial charge in [-0.2, -0.15) is 0 Å². The van der Waals surface area contributed by atoms with Gasteiger partial charge in [-0.05, 0) is 34.1 Å². The van der Waals surface area contributed by atoms with Gasteiger partial charge < -0.3 is 15.8 Å². The zero-order valence-corrected chi connectivity index (χ0v) is 11.4. The minimum Gasteiger partial charge on any atom is -0.399 e. The van der Waals surface area contributed by atoms with E-state index in [1.165, 1.54) is 0 Å². The first-order valence-electron chi connectivity index (χ1n) is 5.85. The smallest absolute Gasteiger partial charge is 0.0594 e. The van der Waals surface area contributed by atoms with Crippen molar-refractivity contribution in [2.24, 2.45) is 0 Å². The molecule has 0 bridgehead atoms. The molecule has 0 aliphatic carbocycles. The van der Waals surface area contributed by atoms with Gasteiger partial charge in [0.1, 0.15) is 0 Å². The van der Waals surface area contributed by atoms with Crippen LogP contribution in [0.1, 0.15) is 0 Å². The molecule has 0 spiro atoms. The molecule has 1 aliphatic rings. The number of nitrogens with two attached hydrogens (primary N) is 1. The summed E-state index contributed by atoms with van der Waals surface area (Å²) < 4.78 is 6.33. The van der Waals surface area contributed by atoms with Gasteiger partial charge in [-0.3, -0.25) is 4.90 Å². The van der Waals surface area contributed by atoms with Crippen LogP contribution in [0.15, 0.2) is 22.7 Å². The fourth-order valence-electron chi connectivity index (χ4n) is 1.85. The fraction of sp³-hybridized carbons (Fsp3) is 0.500. The SMILES string of the molecule is Nc1ccc(NCCN2CCOCC2)c(Br)c1. The largest absolute Gasteiger partial charge is 0.399 e. The van der Waals surface area contributed by atoms with E-state index in [0.29, 0.717) is 0 Å². The third-order valence-electron chi connectivity index (χ3n) is 2.84. The van der Waals surface area contributed by atoms with Crippen LogP contribution in [0.2, 0.25) is 0 Å². The lowest BCUT2D eigenvalue weighted by molar-refractivity contribution is 0.0398.